The Balaban J connectivity index is 1.75. The summed E-state index contributed by atoms with van der Waals surface area (Å²) in [5.74, 6) is 0.708. The Kier molecular flexibility index (Phi) is 4.63. The molecule has 1 fully saturated rings. The molecule has 1 aromatic rings. The van der Waals surface area contributed by atoms with Gasteiger partial charge in [0.1, 0.15) is 5.82 Å². The van der Waals surface area contributed by atoms with Crippen LogP contribution in [0.4, 0.5) is 11.5 Å². The molecule has 0 spiro atoms. The van der Waals surface area contributed by atoms with Crippen LogP contribution < -0.4 is 11.1 Å². The largest absolute Gasteiger partial charge is 0.397 e. The van der Waals surface area contributed by atoms with Gasteiger partial charge in [0.05, 0.1) is 16.9 Å². The number of nitrogens with zero attached hydrogens (tertiary/aromatic N) is 3. The van der Waals surface area contributed by atoms with Crippen molar-refractivity contribution < 1.29 is 0 Å². The van der Waals surface area contributed by atoms with Crippen molar-refractivity contribution in [3.05, 3.63) is 17.3 Å². The van der Waals surface area contributed by atoms with Crippen molar-refractivity contribution in [1.29, 1.82) is 0 Å². The first-order valence-electron chi connectivity index (χ1n) is 6.21. The predicted molar refractivity (Wildman–Crippen MR) is 76.1 cm³/mol. The molecular formula is C12H20ClN5. The fourth-order valence-electron chi connectivity index (χ4n) is 1.99. The van der Waals surface area contributed by atoms with Gasteiger partial charge in [-0.2, -0.15) is 0 Å². The summed E-state index contributed by atoms with van der Waals surface area (Å²) in [5.41, 5.74) is 6.19. The van der Waals surface area contributed by atoms with Crippen molar-refractivity contribution in [2.75, 3.05) is 57.4 Å². The summed E-state index contributed by atoms with van der Waals surface area (Å²) in [5, 5.41) is 3.82. The van der Waals surface area contributed by atoms with Crippen LogP contribution in [0.15, 0.2) is 12.3 Å². The minimum Gasteiger partial charge on any atom is -0.397 e. The van der Waals surface area contributed by atoms with E-state index in [-0.39, 0.29) is 0 Å². The minimum atomic E-state index is 0.577. The summed E-state index contributed by atoms with van der Waals surface area (Å²) < 4.78 is 0. The number of aromatic nitrogens is 1. The highest BCUT2D eigenvalue weighted by atomic mass is 35.5. The molecule has 100 valence electrons. The molecule has 0 unspecified atom stereocenters. The van der Waals surface area contributed by atoms with E-state index in [0.29, 0.717) is 16.5 Å². The summed E-state index contributed by atoms with van der Waals surface area (Å²) in [6, 6.07) is 1.72. The Morgan fingerprint density at radius 3 is 2.78 bits per heavy atom. The molecule has 0 saturated carbocycles. The minimum absolute atomic E-state index is 0.577. The number of nitrogens with two attached hydrogens (primary N) is 1. The molecule has 1 aromatic heterocycles. The Bertz CT molecular complexity index is 390. The number of nitrogen functional groups attached to an aromatic ring is 1. The number of hydrogen-bond acceptors (Lipinski definition) is 5. The zero-order valence-electron chi connectivity index (χ0n) is 10.7. The fraction of sp³-hybridized carbons (Fsp3) is 0.583. The number of rotatable bonds is 4. The maximum Gasteiger partial charge on any atom is 0.144 e. The van der Waals surface area contributed by atoms with Crippen LogP contribution in [0.1, 0.15) is 0 Å². The molecule has 0 radical (unpaired) electrons. The normalized spacial score (nSPS) is 17.9. The summed E-state index contributed by atoms with van der Waals surface area (Å²) in [7, 11) is 2.16. The van der Waals surface area contributed by atoms with Gasteiger partial charge in [-0.25, -0.2) is 4.98 Å². The molecule has 1 aliphatic rings. The summed E-state index contributed by atoms with van der Waals surface area (Å²) in [6.07, 6.45) is 1.62. The van der Waals surface area contributed by atoms with Gasteiger partial charge in [-0.1, -0.05) is 11.6 Å². The van der Waals surface area contributed by atoms with Crippen LogP contribution in [-0.2, 0) is 0 Å². The first-order chi connectivity index (χ1) is 8.65. The Hall–Kier alpha value is -1.04. The Morgan fingerprint density at radius 2 is 2.11 bits per heavy atom. The van der Waals surface area contributed by atoms with Gasteiger partial charge in [-0.15, -0.1) is 0 Å². The van der Waals surface area contributed by atoms with Crippen LogP contribution in [0.5, 0.6) is 0 Å². The highest BCUT2D eigenvalue weighted by Gasteiger charge is 2.13. The van der Waals surface area contributed by atoms with E-state index < -0.39 is 0 Å². The van der Waals surface area contributed by atoms with Crippen LogP contribution >= 0.6 is 11.6 Å². The van der Waals surface area contributed by atoms with Gasteiger partial charge < -0.3 is 16.0 Å². The lowest BCUT2D eigenvalue weighted by Gasteiger charge is -2.32. The number of nitrogens with one attached hydrogen (secondary N) is 1. The number of halogens is 1. The molecule has 0 atom stereocenters. The van der Waals surface area contributed by atoms with Gasteiger partial charge in [0.25, 0.3) is 0 Å². The number of piperazine rings is 1. The van der Waals surface area contributed by atoms with E-state index in [1.807, 2.05) is 0 Å². The SMILES string of the molecule is CN1CCN(CCNc2ncc(N)cc2Cl)CC1. The number of hydrogen-bond donors (Lipinski definition) is 2. The molecule has 5 nitrogen and oxygen atoms in total. The predicted octanol–water partition coefficient (Wildman–Crippen LogP) is 0.976. The lowest BCUT2D eigenvalue weighted by molar-refractivity contribution is 0.158. The first-order valence-corrected chi connectivity index (χ1v) is 6.59. The topological polar surface area (TPSA) is 57.4 Å². The van der Waals surface area contributed by atoms with Crippen LogP contribution in [0.3, 0.4) is 0 Å². The molecule has 6 heteroatoms. The molecule has 1 saturated heterocycles. The second-order valence-electron chi connectivity index (χ2n) is 4.67. The smallest absolute Gasteiger partial charge is 0.144 e. The third-order valence-electron chi connectivity index (χ3n) is 3.18. The zero-order valence-corrected chi connectivity index (χ0v) is 11.5. The van der Waals surface area contributed by atoms with E-state index >= 15 is 0 Å². The van der Waals surface area contributed by atoms with Gasteiger partial charge in [-0.3, -0.25) is 4.90 Å². The third kappa shape index (κ3) is 3.73. The second kappa shape index (κ2) is 6.22. The quantitative estimate of drug-likeness (QED) is 0.853. The van der Waals surface area contributed by atoms with Crippen molar-refractivity contribution in [2.24, 2.45) is 0 Å². The van der Waals surface area contributed by atoms with Gasteiger partial charge >= 0.3 is 0 Å². The van der Waals surface area contributed by atoms with E-state index in [0.717, 1.165) is 39.3 Å². The van der Waals surface area contributed by atoms with Gasteiger partial charge in [-0.05, 0) is 13.1 Å². The number of pyridine rings is 1. The van der Waals surface area contributed by atoms with Crippen LogP contribution in [0, 0.1) is 0 Å². The van der Waals surface area contributed by atoms with Gasteiger partial charge in [0, 0.05) is 39.3 Å². The van der Waals surface area contributed by atoms with Crippen molar-refractivity contribution in [1.82, 2.24) is 14.8 Å². The summed E-state index contributed by atoms with van der Waals surface area (Å²) in [4.78, 5) is 8.97. The van der Waals surface area contributed by atoms with Gasteiger partial charge in [0.15, 0.2) is 0 Å². The van der Waals surface area contributed by atoms with E-state index in [9.17, 15) is 0 Å². The first kappa shape index (κ1) is 13.4. The van der Waals surface area contributed by atoms with Crippen molar-refractivity contribution >= 4 is 23.1 Å². The monoisotopic (exact) mass is 269 g/mol. The molecular weight excluding hydrogens is 250 g/mol. The average Bonchev–Trinajstić information content (AvgIpc) is 2.34. The summed E-state index contributed by atoms with van der Waals surface area (Å²) >= 11 is 6.04. The molecule has 0 aliphatic carbocycles. The standard InChI is InChI=1S/C12H20ClN5/c1-17-4-6-18(7-5-17)3-2-15-12-11(13)8-10(14)9-16-12/h8-9H,2-7,14H2,1H3,(H,15,16). The Labute approximate surface area is 113 Å². The maximum atomic E-state index is 6.04. The Morgan fingerprint density at radius 1 is 1.39 bits per heavy atom. The molecule has 3 N–H and O–H groups in total. The van der Waals surface area contributed by atoms with Crippen molar-refractivity contribution in [3.63, 3.8) is 0 Å². The van der Waals surface area contributed by atoms with E-state index in [4.69, 9.17) is 17.3 Å². The molecule has 2 rings (SSSR count). The number of likely N-dealkylation sites (N-methyl/N-ethyl adjacent to an activating group) is 1. The van der Waals surface area contributed by atoms with Gasteiger partial charge in [0.2, 0.25) is 0 Å². The lowest BCUT2D eigenvalue weighted by atomic mass is 10.3. The molecule has 0 aromatic carbocycles. The van der Waals surface area contributed by atoms with Crippen molar-refractivity contribution in [3.8, 4) is 0 Å². The third-order valence-corrected chi connectivity index (χ3v) is 3.47. The summed E-state index contributed by atoms with van der Waals surface area (Å²) in [6.45, 7) is 6.39. The molecule has 2 heterocycles. The molecule has 18 heavy (non-hydrogen) atoms. The highest BCUT2D eigenvalue weighted by molar-refractivity contribution is 6.33. The lowest BCUT2D eigenvalue weighted by Crippen LogP contribution is -2.45. The maximum absolute atomic E-state index is 6.04. The second-order valence-corrected chi connectivity index (χ2v) is 5.08. The van der Waals surface area contributed by atoms with E-state index in [1.54, 1.807) is 12.3 Å². The average molecular weight is 270 g/mol. The fourth-order valence-corrected chi connectivity index (χ4v) is 2.23. The highest BCUT2D eigenvalue weighted by Crippen LogP contribution is 2.20. The van der Waals surface area contributed by atoms with E-state index in [2.05, 4.69) is 27.1 Å². The van der Waals surface area contributed by atoms with E-state index in [1.165, 1.54) is 0 Å². The zero-order chi connectivity index (χ0) is 13.0. The van der Waals surface area contributed by atoms with Crippen molar-refractivity contribution in [2.45, 2.75) is 0 Å². The molecule has 0 amide bonds. The van der Waals surface area contributed by atoms with Crippen LogP contribution in [0.2, 0.25) is 5.02 Å². The van der Waals surface area contributed by atoms with Crippen LogP contribution in [-0.4, -0.2) is 61.1 Å². The van der Waals surface area contributed by atoms with Crippen LogP contribution in [0.25, 0.3) is 0 Å². The molecule has 0 bridgehead atoms. The number of anilines is 2. The molecule has 1 aliphatic heterocycles.